The van der Waals surface area contributed by atoms with Crippen molar-refractivity contribution in [3.63, 3.8) is 0 Å². The van der Waals surface area contributed by atoms with Crippen LogP contribution in [0.25, 0.3) is 0 Å². The summed E-state index contributed by atoms with van der Waals surface area (Å²) in [5, 5.41) is 1.81. The van der Waals surface area contributed by atoms with E-state index in [1.807, 2.05) is 11.2 Å². The molecule has 1 unspecified atom stereocenters. The van der Waals surface area contributed by atoms with Crippen molar-refractivity contribution in [2.75, 3.05) is 13.1 Å². The first kappa shape index (κ1) is 9.97. The van der Waals surface area contributed by atoms with Crippen LogP contribution in [0.1, 0.15) is 12.8 Å². The molecule has 6 nitrogen and oxygen atoms in total. The van der Waals surface area contributed by atoms with Crippen LogP contribution in [-0.2, 0) is 9.59 Å². The number of hydrogen-bond donors (Lipinski definition) is 2. The van der Waals surface area contributed by atoms with Crippen LogP contribution >= 0.6 is 0 Å². The van der Waals surface area contributed by atoms with E-state index in [2.05, 4.69) is 5.43 Å². The minimum atomic E-state index is -0.386. The van der Waals surface area contributed by atoms with E-state index in [9.17, 15) is 9.59 Å². The minimum absolute atomic E-state index is 0.0313. The van der Waals surface area contributed by atoms with Gasteiger partial charge >= 0.3 is 0 Å². The summed E-state index contributed by atoms with van der Waals surface area (Å²) in [4.78, 5) is 24.0. The average molecular weight is 210 g/mol. The molecule has 6 heteroatoms. The molecule has 0 saturated carbocycles. The summed E-state index contributed by atoms with van der Waals surface area (Å²) in [5.41, 5.74) is 8.12. The molecule has 2 amide bonds. The number of primary amides is 1. The molecule has 0 radical (unpaired) electrons. The highest BCUT2D eigenvalue weighted by Gasteiger charge is 2.34. The van der Waals surface area contributed by atoms with Crippen LogP contribution in [0.2, 0.25) is 0 Å². The molecule has 2 aliphatic rings. The highest BCUT2D eigenvalue weighted by Crippen LogP contribution is 2.17. The molecule has 0 aromatic heterocycles. The van der Waals surface area contributed by atoms with Gasteiger partial charge in [-0.1, -0.05) is 0 Å². The van der Waals surface area contributed by atoms with Crippen molar-refractivity contribution < 1.29 is 9.59 Å². The van der Waals surface area contributed by atoms with E-state index in [4.69, 9.17) is 5.73 Å². The fourth-order valence-electron chi connectivity index (χ4n) is 1.81. The summed E-state index contributed by atoms with van der Waals surface area (Å²) in [6.45, 7) is 1.18. The summed E-state index contributed by atoms with van der Waals surface area (Å²) in [7, 11) is 0. The Morgan fingerprint density at radius 2 is 2.40 bits per heavy atom. The zero-order valence-corrected chi connectivity index (χ0v) is 8.35. The Morgan fingerprint density at radius 3 is 3.13 bits per heavy atom. The van der Waals surface area contributed by atoms with Crippen LogP contribution in [0.3, 0.4) is 0 Å². The Labute approximate surface area is 87.7 Å². The molecule has 1 atom stereocenters. The van der Waals surface area contributed by atoms with Gasteiger partial charge in [0.2, 0.25) is 5.91 Å². The first-order valence-electron chi connectivity index (χ1n) is 4.97. The summed E-state index contributed by atoms with van der Waals surface area (Å²) < 4.78 is 0. The fourth-order valence-corrected chi connectivity index (χ4v) is 1.81. The molecule has 2 heterocycles. The van der Waals surface area contributed by atoms with Crippen molar-refractivity contribution in [2.45, 2.75) is 18.9 Å². The van der Waals surface area contributed by atoms with Crippen LogP contribution < -0.4 is 11.2 Å². The second kappa shape index (κ2) is 3.90. The molecule has 0 aliphatic carbocycles. The Hall–Kier alpha value is -1.56. The third-order valence-electron chi connectivity index (χ3n) is 2.62. The van der Waals surface area contributed by atoms with Crippen molar-refractivity contribution in [1.29, 1.82) is 0 Å². The number of carbonyl (C=O) groups is 2. The van der Waals surface area contributed by atoms with E-state index in [-0.39, 0.29) is 24.3 Å². The first-order valence-corrected chi connectivity index (χ1v) is 4.97. The van der Waals surface area contributed by atoms with E-state index in [1.165, 1.54) is 0 Å². The number of carbonyl (C=O) groups excluding carboxylic acids is 2. The first-order chi connectivity index (χ1) is 7.18. The molecule has 1 fully saturated rings. The molecule has 0 spiro atoms. The fraction of sp³-hybridized carbons (Fsp3) is 0.556. The van der Waals surface area contributed by atoms with E-state index in [0.29, 0.717) is 6.54 Å². The van der Waals surface area contributed by atoms with Crippen LogP contribution in [0, 0.1) is 0 Å². The van der Waals surface area contributed by atoms with Gasteiger partial charge < -0.3 is 15.6 Å². The van der Waals surface area contributed by atoms with Crippen molar-refractivity contribution in [3.05, 3.63) is 12.4 Å². The number of rotatable bonds is 3. The average Bonchev–Trinajstić information content (AvgIpc) is 2.65. The highest BCUT2D eigenvalue weighted by atomic mass is 16.2. The summed E-state index contributed by atoms with van der Waals surface area (Å²) in [5.74, 6) is -0.355. The molecule has 82 valence electrons. The van der Waals surface area contributed by atoms with Crippen molar-refractivity contribution in [3.8, 4) is 0 Å². The lowest BCUT2D eigenvalue weighted by Gasteiger charge is -2.31. The Balaban J connectivity index is 1.99. The molecule has 1 saturated heterocycles. The Morgan fingerprint density at radius 1 is 1.60 bits per heavy atom. The maximum Gasteiger partial charge on any atom is 0.250 e. The maximum absolute atomic E-state index is 11.9. The zero-order chi connectivity index (χ0) is 10.8. The van der Waals surface area contributed by atoms with Gasteiger partial charge in [0.1, 0.15) is 6.04 Å². The van der Waals surface area contributed by atoms with Gasteiger partial charge in [-0.25, -0.2) is 5.43 Å². The molecule has 0 aromatic rings. The maximum atomic E-state index is 11.9. The molecule has 0 bridgehead atoms. The summed E-state index contributed by atoms with van der Waals surface area (Å²) in [6, 6.07) is -0.122. The number of nitrogens with one attached hydrogen (secondary N) is 1. The topological polar surface area (TPSA) is 78.7 Å². The second-order valence-corrected chi connectivity index (χ2v) is 3.67. The SMILES string of the molecule is NC(=O)CCN1C=CN2NCCC2C1=O. The third-order valence-corrected chi connectivity index (χ3v) is 2.62. The standard InChI is InChI=1S/C9H14N4O2/c10-8(14)2-4-12-5-6-13-7(9(12)15)1-3-11-13/h5-7,11H,1-4H2,(H2,10,14). The van der Waals surface area contributed by atoms with Crippen molar-refractivity contribution in [1.82, 2.24) is 15.3 Å². The van der Waals surface area contributed by atoms with E-state index >= 15 is 0 Å². The van der Waals surface area contributed by atoms with E-state index in [0.717, 1.165) is 13.0 Å². The smallest absolute Gasteiger partial charge is 0.250 e. The molecular weight excluding hydrogens is 196 g/mol. The van der Waals surface area contributed by atoms with E-state index in [1.54, 1.807) is 11.1 Å². The largest absolute Gasteiger partial charge is 0.370 e. The lowest BCUT2D eigenvalue weighted by Crippen LogP contribution is -2.48. The van der Waals surface area contributed by atoms with Gasteiger partial charge in [0.25, 0.3) is 5.91 Å². The minimum Gasteiger partial charge on any atom is -0.370 e. The quantitative estimate of drug-likeness (QED) is 0.610. The van der Waals surface area contributed by atoms with Crippen LogP contribution in [0.15, 0.2) is 12.4 Å². The number of amides is 2. The molecule has 15 heavy (non-hydrogen) atoms. The Bertz CT molecular complexity index is 315. The van der Waals surface area contributed by atoms with Gasteiger partial charge in [-0.05, 0) is 6.42 Å². The normalized spacial score (nSPS) is 24.5. The lowest BCUT2D eigenvalue weighted by molar-refractivity contribution is -0.134. The van der Waals surface area contributed by atoms with Gasteiger partial charge in [0.15, 0.2) is 0 Å². The van der Waals surface area contributed by atoms with E-state index < -0.39 is 0 Å². The Kier molecular flexibility index (Phi) is 2.59. The lowest BCUT2D eigenvalue weighted by atomic mass is 10.1. The highest BCUT2D eigenvalue weighted by molar-refractivity contribution is 5.84. The van der Waals surface area contributed by atoms with Gasteiger partial charge in [0.05, 0.1) is 0 Å². The molecule has 2 aliphatic heterocycles. The predicted octanol–water partition coefficient (Wildman–Crippen LogP) is -1.25. The number of hydrazine groups is 1. The van der Waals surface area contributed by atoms with Crippen molar-refractivity contribution in [2.24, 2.45) is 5.73 Å². The number of nitrogens with two attached hydrogens (primary N) is 1. The second-order valence-electron chi connectivity index (χ2n) is 3.67. The third kappa shape index (κ3) is 1.94. The van der Waals surface area contributed by atoms with Crippen molar-refractivity contribution >= 4 is 11.8 Å². The molecule has 2 rings (SSSR count). The number of nitrogens with zero attached hydrogens (tertiary/aromatic N) is 2. The number of fused-ring (bicyclic) bond motifs is 1. The number of hydrogen-bond acceptors (Lipinski definition) is 4. The van der Waals surface area contributed by atoms with Gasteiger partial charge in [-0.15, -0.1) is 0 Å². The predicted molar refractivity (Wildman–Crippen MR) is 52.9 cm³/mol. The van der Waals surface area contributed by atoms with Crippen LogP contribution in [0.5, 0.6) is 0 Å². The van der Waals surface area contributed by atoms with Crippen LogP contribution in [-0.4, -0.2) is 40.9 Å². The zero-order valence-electron chi connectivity index (χ0n) is 8.35. The molecule has 0 aromatic carbocycles. The van der Waals surface area contributed by atoms with Crippen LogP contribution in [0.4, 0.5) is 0 Å². The monoisotopic (exact) mass is 210 g/mol. The molecule has 3 N–H and O–H groups in total. The van der Waals surface area contributed by atoms with Gasteiger partial charge in [-0.3, -0.25) is 9.59 Å². The molecular formula is C9H14N4O2. The van der Waals surface area contributed by atoms with Gasteiger partial charge in [0, 0.05) is 31.9 Å². The summed E-state index contributed by atoms with van der Waals surface area (Å²) >= 11 is 0. The van der Waals surface area contributed by atoms with Gasteiger partial charge in [-0.2, -0.15) is 0 Å². The summed E-state index contributed by atoms with van der Waals surface area (Å²) in [6.07, 6.45) is 4.51.